The van der Waals surface area contributed by atoms with Crippen LogP contribution in [0.3, 0.4) is 0 Å². The predicted octanol–water partition coefficient (Wildman–Crippen LogP) is 6.30. The summed E-state index contributed by atoms with van der Waals surface area (Å²) in [6.45, 7) is 1.95. The number of carbonyl (C=O) groups is 1. The van der Waals surface area contributed by atoms with Gasteiger partial charge in [-0.15, -0.1) is 10.2 Å². The molecule has 0 bridgehead atoms. The van der Waals surface area contributed by atoms with Crippen molar-refractivity contribution in [1.82, 2.24) is 15.0 Å². The Kier molecular flexibility index (Phi) is 6.08. The molecular formula is C27H21ClN4O3. The Morgan fingerprint density at radius 3 is 2.57 bits per heavy atom. The molecule has 0 aliphatic rings. The number of hydrogen-bond acceptors (Lipinski definition) is 5. The molecule has 5 aromatic rings. The number of ether oxygens (including phenoxy) is 1. The third-order valence-electron chi connectivity index (χ3n) is 5.43. The van der Waals surface area contributed by atoms with E-state index in [1.54, 1.807) is 36.2 Å². The van der Waals surface area contributed by atoms with Gasteiger partial charge in [0.05, 0.1) is 12.8 Å². The minimum atomic E-state index is -0.289. The molecule has 1 N–H and O–H groups in total. The monoisotopic (exact) mass is 484 g/mol. The number of hydrogen-bond donors (Lipinski definition) is 1. The lowest BCUT2D eigenvalue weighted by molar-refractivity contribution is -0.111. The SMILES string of the molecule is COc1ccc(-n2nc3ccc(NC(=O)/C=C/c4ccc(-c5ccc(C)c(Cl)c5)o4)cc3n2)cc1. The van der Waals surface area contributed by atoms with Crippen molar-refractivity contribution in [3.8, 4) is 22.8 Å². The Bertz CT molecular complexity index is 1550. The summed E-state index contributed by atoms with van der Waals surface area (Å²) in [6, 6.07) is 22.2. The van der Waals surface area contributed by atoms with Crippen LogP contribution in [0, 0.1) is 6.92 Å². The molecule has 0 aliphatic heterocycles. The second kappa shape index (κ2) is 9.48. The number of nitrogens with zero attached hydrogens (tertiary/aromatic N) is 3. The van der Waals surface area contributed by atoms with Crippen molar-refractivity contribution in [2.45, 2.75) is 6.92 Å². The first-order valence-corrected chi connectivity index (χ1v) is 11.2. The quantitative estimate of drug-likeness (QED) is 0.286. The van der Waals surface area contributed by atoms with Crippen molar-refractivity contribution in [3.05, 3.63) is 95.2 Å². The number of benzene rings is 3. The highest BCUT2D eigenvalue weighted by Gasteiger charge is 2.08. The number of carbonyl (C=O) groups excluding carboxylic acids is 1. The zero-order chi connectivity index (χ0) is 24.4. The number of fused-ring (bicyclic) bond motifs is 1. The Labute approximate surface area is 206 Å². The molecule has 174 valence electrons. The molecule has 0 unspecified atom stereocenters. The Morgan fingerprint density at radius 2 is 1.80 bits per heavy atom. The van der Waals surface area contributed by atoms with E-state index >= 15 is 0 Å². The molecule has 0 saturated carbocycles. The van der Waals surface area contributed by atoms with E-state index in [1.807, 2.05) is 61.5 Å². The van der Waals surface area contributed by atoms with Crippen LogP contribution in [0.5, 0.6) is 5.75 Å². The maximum Gasteiger partial charge on any atom is 0.248 e. The van der Waals surface area contributed by atoms with E-state index < -0.39 is 0 Å². The highest BCUT2D eigenvalue weighted by Crippen LogP contribution is 2.27. The van der Waals surface area contributed by atoms with Crippen molar-refractivity contribution < 1.29 is 13.9 Å². The first-order valence-electron chi connectivity index (χ1n) is 10.9. The first-order chi connectivity index (χ1) is 17.0. The minimum absolute atomic E-state index is 0.289. The molecule has 2 heterocycles. The van der Waals surface area contributed by atoms with Crippen LogP contribution in [0.25, 0.3) is 34.1 Å². The van der Waals surface area contributed by atoms with Gasteiger partial charge in [-0.05, 0) is 79.2 Å². The molecule has 0 atom stereocenters. The van der Waals surface area contributed by atoms with Gasteiger partial charge in [-0.3, -0.25) is 4.79 Å². The number of nitrogens with one attached hydrogen (secondary N) is 1. The normalized spacial score (nSPS) is 11.3. The molecule has 0 spiro atoms. The third kappa shape index (κ3) is 4.95. The molecule has 0 saturated heterocycles. The molecule has 5 rings (SSSR count). The number of halogens is 1. The zero-order valence-corrected chi connectivity index (χ0v) is 19.8. The molecule has 35 heavy (non-hydrogen) atoms. The Hall–Kier alpha value is -4.36. The molecule has 0 radical (unpaired) electrons. The van der Waals surface area contributed by atoms with Gasteiger partial charge in [0.25, 0.3) is 0 Å². The molecule has 8 heteroatoms. The first kappa shape index (κ1) is 22.4. The Balaban J connectivity index is 1.27. The zero-order valence-electron chi connectivity index (χ0n) is 19.0. The lowest BCUT2D eigenvalue weighted by atomic mass is 10.1. The largest absolute Gasteiger partial charge is 0.497 e. The lowest BCUT2D eigenvalue weighted by Crippen LogP contribution is -2.07. The highest BCUT2D eigenvalue weighted by atomic mass is 35.5. The molecule has 2 aromatic heterocycles. The third-order valence-corrected chi connectivity index (χ3v) is 5.84. The van der Waals surface area contributed by atoms with Crippen LogP contribution in [-0.4, -0.2) is 28.0 Å². The Morgan fingerprint density at radius 1 is 1.00 bits per heavy atom. The van der Waals surface area contributed by atoms with Gasteiger partial charge in [-0.25, -0.2) is 0 Å². The van der Waals surface area contributed by atoms with E-state index in [-0.39, 0.29) is 5.91 Å². The number of rotatable bonds is 6. The number of aromatic nitrogens is 3. The minimum Gasteiger partial charge on any atom is -0.497 e. The van der Waals surface area contributed by atoms with Gasteiger partial charge in [-0.1, -0.05) is 23.7 Å². The van der Waals surface area contributed by atoms with Gasteiger partial charge in [0.2, 0.25) is 5.91 Å². The standard InChI is InChI=1S/C27H21ClN4O3/c1-17-3-4-18(15-23(17)28)26-13-10-22(35-26)11-14-27(33)29-19-5-12-24-25(16-19)31-32(30-24)20-6-8-21(34-2)9-7-20/h3-16H,1-2H3,(H,29,33)/b14-11+. The topological polar surface area (TPSA) is 82.2 Å². The van der Waals surface area contributed by atoms with Gasteiger partial charge in [0, 0.05) is 22.3 Å². The van der Waals surface area contributed by atoms with Crippen molar-refractivity contribution in [2.24, 2.45) is 0 Å². The molecule has 0 fully saturated rings. The fraction of sp³-hybridized carbons (Fsp3) is 0.0741. The summed E-state index contributed by atoms with van der Waals surface area (Å²) < 4.78 is 11.0. The van der Waals surface area contributed by atoms with Gasteiger partial charge in [-0.2, -0.15) is 4.80 Å². The van der Waals surface area contributed by atoms with E-state index in [0.717, 1.165) is 22.6 Å². The maximum atomic E-state index is 12.5. The average molecular weight is 485 g/mol. The highest BCUT2D eigenvalue weighted by molar-refractivity contribution is 6.31. The van der Waals surface area contributed by atoms with E-state index in [4.69, 9.17) is 20.8 Å². The van der Waals surface area contributed by atoms with Crippen LogP contribution < -0.4 is 10.1 Å². The van der Waals surface area contributed by atoms with Crippen molar-refractivity contribution >= 4 is 40.3 Å². The van der Waals surface area contributed by atoms with E-state index in [2.05, 4.69) is 15.5 Å². The average Bonchev–Trinajstić information content (AvgIpc) is 3.51. The van der Waals surface area contributed by atoms with Gasteiger partial charge >= 0.3 is 0 Å². The van der Waals surface area contributed by atoms with Gasteiger partial charge in [0.1, 0.15) is 28.3 Å². The van der Waals surface area contributed by atoms with E-state index in [1.165, 1.54) is 6.08 Å². The van der Waals surface area contributed by atoms with Crippen molar-refractivity contribution in [1.29, 1.82) is 0 Å². The van der Waals surface area contributed by atoms with Crippen LogP contribution >= 0.6 is 11.6 Å². The summed E-state index contributed by atoms with van der Waals surface area (Å²) in [6.07, 6.45) is 3.04. The fourth-order valence-electron chi connectivity index (χ4n) is 3.51. The summed E-state index contributed by atoms with van der Waals surface area (Å²) in [7, 11) is 1.62. The summed E-state index contributed by atoms with van der Waals surface area (Å²) in [5, 5.41) is 12.5. The smallest absolute Gasteiger partial charge is 0.248 e. The summed E-state index contributed by atoms with van der Waals surface area (Å²) in [5.41, 5.74) is 4.68. The van der Waals surface area contributed by atoms with E-state index in [9.17, 15) is 4.79 Å². The van der Waals surface area contributed by atoms with Crippen LogP contribution in [0.2, 0.25) is 5.02 Å². The number of amides is 1. The fourth-order valence-corrected chi connectivity index (χ4v) is 3.69. The number of methoxy groups -OCH3 is 1. The van der Waals surface area contributed by atoms with Crippen molar-refractivity contribution in [3.63, 3.8) is 0 Å². The summed E-state index contributed by atoms with van der Waals surface area (Å²) in [4.78, 5) is 14.0. The molecule has 1 amide bonds. The second-order valence-corrected chi connectivity index (χ2v) is 8.29. The van der Waals surface area contributed by atoms with E-state index in [0.29, 0.717) is 33.3 Å². The molecule has 7 nitrogen and oxygen atoms in total. The van der Waals surface area contributed by atoms with Crippen LogP contribution in [0.1, 0.15) is 11.3 Å². The number of furan rings is 1. The second-order valence-electron chi connectivity index (χ2n) is 7.88. The molecular weight excluding hydrogens is 464 g/mol. The van der Waals surface area contributed by atoms with Crippen LogP contribution in [0.15, 0.2) is 83.3 Å². The summed E-state index contributed by atoms with van der Waals surface area (Å²) >= 11 is 6.21. The summed E-state index contributed by atoms with van der Waals surface area (Å²) in [5.74, 6) is 1.71. The van der Waals surface area contributed by atoms with Crippen LogP contribution in [-0.2, 0) is 4.79 Å². The number of aryl methyl sites for hydroxylation is 1. The van der Waals surface area contributed by atoms with Crippen LogP contribution in [0.4, 0.5) is 5.69 Å². The van der Waals surface area contributed by atoms with Crippen molar-refractivity contribution in [2.75, 3.05) is 12.4 Å². The predicted molar refractivity (Wildman–Crippen MR) is 137 cm³/mol. The lowest BCUT2D eigenvalue weighted by Gasteiger charge is -2.01. The number of anilines is 1. The van der Waals surface area contributed by atoms with Gasteiger partial charge < -0.3 is 14.5 Å². The molecule has 0 aliphatic carbocycles. The van der Waals surface area contributed by atoms with Gasteiger partial charge in [0.15, 0.2) is 0 Å². The maximum absolute atomic E-state index is 12.5. The molecule has 3 aromatic carbocycles.